The Bertz CT molecular complexity index is 624. The minimum absolute atomic E-state index is 0.0848. The Morgan fingerprint density at radius 2 is 2.08 bits per heavy atom. The Hall–Kier alpha value is -2.08. The van der Waals surface area contributed by atoms with Crippen molar-refractivity contribution in [3.8, 4) is 0 Å². The number of carbonyl (C=O) groups is 2. The highest BCUT2D eigenvalue weighted by molar-refractivity contribution is 5.91. The van der Waals surface area contributed by atoms with Crippen LogP contribution in [0.3, 0.4) is 0 Å². The van der Waals surface area contributed by atoms with Crippen LogP contribution in [0.5, 0.6) is 0 Å². The van der Waals surface area contributed by atoms with Crippen molar-refractivity contribution in [2.45, 2.75) is 19.8 Å². The van der Waals surface area contributed by atoms with Gasteiger partial charge < -0.3 is 19.9 Å². The molecule has 1 N–H and O–H groups in total. The van der Waals surface area contributed by atoms with E-state index >= 15 is 0 Å². The highest BCUT2D eigenvalue weighted by Crippen LogP contribution is 2.41. The number of amides is 3. The molecule has 0 aromatic heterocycles. The molecule has 2 aliphatic rings. The number of aryl methyl sites for hydroxylation is 1. The van der Waals surface area contributed by atoms with Crippen molar-refractivity contribution in [1.82, 2.24) is 9.80 Å². The molecule has 0 radical (unpaired) electrons. The molecular weight excluding hydrogens is 306 g/mol. The van der Waals surface area contributed by atoms with E-state index in [0.29, 0.717) is 26.2 Å². The zero-order chi connectivity index (χ0) is 17.2. The number of carbonyl (C=O) groups excluding carboxylic acids is 2. The molecule has 0 unspecified atom stereocenters. The smallest absolute Gasteiger partial charge is 0.321 e. The summed E-state index contributed by atoms with van der Waals surface area (Å²) in [6.07, 6.45) is 1.49. The molecule has 0 bridgehead atoms. The monoisotopic (exact) mass is 331 g/mol. The van der Waals surface area contributed by atoms with Crippen molar-refractivity contribution in [3.63, 3.8) is 0 Å². The summed E-state index contributed by atoms with van der Waals surface area (Å²) in [6, 6.07) is 7.68. The normalized spacial score (nSPS) is 19.3. The highest BCUT2D eigenvalue weighted by atomic mass is 16.5. The van der Waals surface area contributed by atoms with Gasteiger partial charge in [0.25, 0.3) is 0 Å². The van der Waals surface area contributed by atoms with Crippen molar-refractivity contribution >= 4 is 17.6 Å². The lowest BCUT2D eigenvalue weighted by Gasteiger charge is -2.52. The van der Waals surface area contributed by atoms with Crippen molar-refractivity contribution in [2.24, 2.45) is 5.41 Å². The first-order valence-corrected chi connectivity index (χ1v) is 8.45. The molecule has 1 spiro atoms. The number of hydrogen-bond donors (Lipinski definition) is 1. The van der Waals surface area contributed by atoms with E-state index in [-0.39, 0.29) is 17.4 Å². The number of anilines is 1. The van der Waals surface area contributed by atoms with E-state index in [1.807, 2.05) is 36.1 Å². The van der Waals surface area contributed by atoms with E-state index in [1.54, 1.807) is 12.0 Å². The van der Waals surface area contributed by atoms with Crippen LogP contribution in [0.4, 0.5) is 10.5 Å². The zero-order valence-electron chi connectivity index (χ0n) is 14.4. The molecule has 1 aromatic rings. The van der Waals surface area contributed by atoms with Gasteiger partial charge in [0.1, 0.15) is 0 Å². The molecule has 0 aliphatic carbocycles. The summed E-state index contributed by atoms with van der Waals surface area (Å²) in [5.41, 5.74) is 1.68. The Morgan fingerprint density at radius 3 is 2.71 bits per heavy atom. The topological polar surface area (TPSA) is 61.9 Å². The third kappa shape index (κ3) is 3.24. The van der Waals surface area contributed by atoms with Crippen molar-refractivity contribution < 1.29 is 14.3 Å². The van der Waals surface area contributed by atoms with E-state index in [2.05, 4.69) is 5.32 Å². The maximum atomic E-state index is 12.4. The fourth-order valence-electron chi connectivity index (χ4n) is 3.57. The second-order valence-corrected chi connectivity index (χ2v) is 6.79. The van der Waals surface area contributed by atoms with Gasteiger partial charge in [0.15, 0.2) is 0 Å². The van der Waals surface area contributed by atoms with Gasteiger partial charge >= 0.3 is 6.03 Å². The Balaban J connectivity index is 1.50. The maximum absolute atomic E-state index is 12.4. The largest absolute Gasteiger partial charge is 0.383 e. The SMILES string of the molecule is COCCN1CC2(CCN(C(=O)Nc3cccc(C)c3)CC2)C1=O. The van der Waals surface area contributed by atoms with E-state index in [1.165, 1.54) is 0 Å². The second kappa shape index (κ2) is 6.81. The quantitative estimate of drug-likeness (QED) is 0.860. The number of β-lactam (4-membered cyclic amide) rings is 1. The van der Waals surface area contributed by atoms with Crippen LogP contribution in [0.25, 0.3) is 0 Å². The van der Waals surface area contributed by atoms with Crippen molar-refractivity contribution in [1.29, 1.82) is 0 Å². The molecule has 3 amide bonds. The minimum atomic E-state index is -0.242. The van der Waals surface area contributed by atoms with Gasteiger partial charge in [-0.3, -0.25) is 4.79 Å². The van der Waals surface area contributed by atoms with E-state index < -0.39 is 0 Å². The van der Waals surface area contributed by atoms with Gasteiger partial charge in [0.2, 0.25) is 5.91 Å². The second-order valence-electron chi connectivity index (χ2n) is 6.79. The van der Waals surface area contributed by atoms with Crippen molar-refractivity contribution in [2.75, 3.05) is 45.2 Å². The number of piperidine rings is 1. The Morgan fingerprint density at radius 1 is 1.33 bits per heavy atom. The minimum Gasteiger partial charge on any atom is -0.383 e. The summed E-state index contributed by atoms with van der Waals surface area (Å²) in [7, 11) is 1.64. The first-order chi connectivity index (χ1) is 11.5. The third-order valence-corrected chi connectivity index (χ3v) is 5.08. The molecule has 0 atom stereocenters. The van der Waals surface area contributed by atoms with Crippen LogP contribution in [-0.4, -0.2) is 61.6 Å². The molecule has 2 aliphatic heterocycles. The number of urea groups is 1. The number of benzene rings is 1. The molecule has 130 valence electrons. The molecule has 2 heterocycles. The summed E-state index contributed by atoms with van der Waals surface area (Å²) < 4.78 is 5.03. The molecule has 2 saturated heterocycles. The lowest BCUT2D eigenvalue weighted by Crippen LogP contribution is -2.65. The third-order valence-electron chi connectivity index (χ3n) is 5.08. The standard InChI is InChI=1S/C18H25N3O3/c1-14-4-3-5-15(12-14)19-17(23)20-8-6-18(7-9-20)13-21(16(18)22)10-11-24-2/h3-5,12H,6-11,13H2,1-2H3,(H,19,23). The highest BCUT2D eigenvalue weighted by Gasteiger charge is 2.53. The van der Waals surface area contributed by atoms with Gasteiger partial charge in [-0.25, -0.2) is 4.79 Å². The van der Waals surface area contributed by atoms with Crippen LogP contribution in [0.15, 0.2) is 24.3 Å². The van der Waals surface area contributed by atoms with Crippen LogP contribution in [-0.2, 0) is 9.53 Å². The molecule has 6 nitrogen and oxygen atoms in total. The van der Waals surface area contributed by atoms with Crippen LogP contribution in [0.1, 0.15) is 18.4 Å². The summed E-state index contributed by atoms with van der Waals surface area (Å²) in [4.78, 5) is 28.4. The number of ether oxygens (including phenoxy) is 1. The Labute approximate surface area is 142 Å². The number of nitrogens with zero attached hydrogens (tertiary/aromatic N) is 2. The maximum Gasteiger partial charge on any atom is 0.321 e. The zero-order valence-corrected chi connectivity index (χ0v) is 14.4. The summed E-state index contributed by atoms with van der Waals surface area (Å²) in [5.74, 6) is 0.221. The van der Waals surface area contributed by atoms with E-state index in [4.69, 9.17) is 4.74 Å². The number of hydrogen-bond acceptors (Lipinski definition) is 3. The van der Waals surface area contributed by atoms with Gasteiger partial charge in [-0.15, -0.1) is 0 Å². The molecule has 2 fully saturated rings. The van der Waals surface area contributed by atoms with Crippen molar-refractivity contribution in [3.05, 3.63) is 29.8 Å². The predicted molar refractivity (Wildman–Crippen MR) is 91.9 cm³/mol. The molecular formula is C18H25N3O3. The number of likely N-dealkylation sites (tertiary alicyclic amines) is 2. The van der Waals surface area contributed by atoms with Gasteiger partial charge in [-0.1, -0.05) is 12.1 Å². The molecule has 0 saturated carbocycles. The van der Waals surface area contributed by atoms with Gasteiger partial charge in [0, 0.05) is 39.0 Å². The molecule has 3 rings (SSSR count). The summed E-state index contributed by atoms with van der Waals surface area (Å²) >= 11 is 0. The number of methoxy groups -OCH3 is 1. The lowest BCUT2D eigenvalue weighted by molar-refractivity contribution is -0.165. The first kappa shape index (κ1) is 16.8. The van der Waals surface area contributed by atoms with Crippen LogP contribution >= 0.6 is 0 Å². The molecule has 24 heavy (non-hydrogen) atoms. The van der Waals surface area contributed by atoms with E-state index in [0.717, 1.165) is 30.6 Å². The van der Waals surface area contributed by atoms with Gasteiger partial charge in [0.05, 0.1) is 12.0 Å². The summed E-state index contributed by atoms with van der Waals surface area (Å²) in [5, 5.41) is 2.94. The van der Waals surface area contributed by atoms with Crippen LogP contribution < -0.4 is 5.32 Å². The van der Waals surface area contributed by atoms with E-state index in [9.17, 15) is 9.59 Å². The number of nitrogens with one attached hydrogen (secondary N) is 1. The summed E-state index contributed by atoms with van der Waals surface area (Å²) in [6.45, 7) is 5.28. The lowest BCUT2D eigenvalue weighted by atomic mass is 9.71. The van der Waals surface area contributed by atoms with Gasteiger partial charge in [-0.2, -0.15) is 0 Å². The van der Waals surface area contributed by atoms with Gasteiger partial charge in [-0.05, 0) is 37.5 Å². The predicted octanol–water partition coefficient (Wildman–Crippen LogP) is 2.10. The fraction of sp³-hybridized carbons (Fsp3) is 0.556. The molecule has 6 heteroatoms. The molecule has 1 aromatic carbocycles. The average Bonchev–Trinajstić information content (AvgIpc) is 2.58. The number of rotatable bonds is 4. The van der Waals surface area contributed by atoms with Crippen LogP contribution in [0, 0.1) is 12.3 Å². The fourth-order valence-corrected chi connectivity index (χ4v) is 3.57. The average molecular weight is 331 g/mol. The first-order valence-electron chi connectivity index (χ1n) is 8.45. The van der Waals surface area contributed by atoms with Crippen LogP contribution in [0.2, 0.25) is 0 Å². The Kier molecular flexibility index (Phi) is 4.76.